The van der Waals surface area contributed by atoms with E-state index in [2.05, 4.69) is 107 Å². The van der Waals surface area contributed by atoms with Gasteiger partial charge in [-0.15, -0.1) is 0 Å². The topological polar surface area (TPSA) is 35.5 Å². The first-order valence-electron chi connectivity index (χ1n) is 9.99. The molecule has 158 valence electrons. The maximum atomic E-state index is 11.3. The zero-order valence-electron chi connectivity index (χ0n) is 17.9. The third-order valence-corrected chi connectivity index (χ3v) is 12.0. The summed E-state index contributed by atoms with van der Waals surface area (Å²) in [7, 11) is 0. The molecule has 0 aromatic heterocycles. The summed E-state index contributed by atoms with van der Waals surface area (Å²) in [4.78, 5) is 0. The van der Waals surface area contributed by atoms with Crippen molar-refractivity contribution in [3.05, 3.63) is 91.0 Å². The molecule has 30 heavy (non-hydrogen) atoms. The molecule has 0 amide bonds. The van der Waals surface area contributed by atoms with Crippen LogP contribution in [0.15, 0.2) is 91.0 Å². The summed E-state index contributed by atoms with van der Waals surface area (Å²) in [6.07, 6.45) is -3.09. The van der Waals surface area contributed by atoms with Crippen LogP contribution in [-0.2, 0) is 13.6 Å². The zero-order valence-corrected chi connectivity index (χ0v) is 22.6. The number of hydrogen-bond donors (Lipinski definition) is 0. The predicted octanol–water partition coefficient (Wildman–Crippen LogP) is 4.32. The Kier molecular flexibility index (Phi) is 10.6. The molecule has 3 aromatic rings. The summed E-state index contributed by atoms with van der Waals surface area (Å²) < 4.78 is 25.9. The maximum absolute atomic E-state index is 11.3. The number of rotatable bonds is 7. The number of benzene rings is 3. The fourth-order valence-corrected chi connectivity index (χ4v) is 11.5. The van der Waals surface area contributed by atoms with E-state index in [1.807, 2.05) is 27.7 Å². The van der Waals surface area contributed by atoms with Gasteiger partial charge in [0.15, 0.2) is 0 Å². The van der Waals surface area contributed by atoms with Crippen LogP contribution >= 0.6 is 6.29 Å². The van der Waals surface area contributed by atoms with Crippen LogP contribution < -0.4 is 13.2 Å². The van der Waals surface area contributed by atoms with E-state index < -0.39 is 20.6 Å². The standard InChI is InChI=1S/C18H15Ge.C6H14O3PSe/c1-4-10-16(11-5-1)19(17-12-6-2-7-13-17)18-14-8-3-9-15-18;1-5(2)8-10(7,11)9-6(3)4/h1-15H;5-6H,1-4H3. The Morgan fingerprint density at radius 3 is 1.13 bits per heavy atom. The first-order valence-corrected chi connectivity index (χ1v) is 16.9. The summed E-state index contributed by atoms with van der Waals surface area (Å²) in [5.74, 6) is 0. The van der Waals surface area contributed by atoms with Gasteiger partial charge >= 0.3 is 194 Å². The normalized spacial score (nSPS) is 11.5. The van der Waals surface area contributed by atoms with Crippen LogP contribution in [-0.4, -0.2) is 42.1 Å². The van der Waals surface area contributed by atoms with Gasteiger partial charge in [0.25, 0.3) is 0 Å². The van der Waals surface area contributed by atoms with Gasteiger partial charge in [-0.1, -0.05) is 0 Å². The van der Waals surface area contributed by atoms with Gasteiger partial charge in [-0.25, -0.2) is 0 Å². The summed E-state index contributed by atoms with van der Waals surface area (Å²) in [5, 5.41) is 0. The Bertz CT molecular complexity index is 798. The van der Waals surface area contributed by atoms with E-state index in [-0.39, 0.29) is 12.2 Å². The van der Waals surface area contributed by atoms with Gasteiger partial charge in [-0.2, -0.15) is 0 Å². The third kappa shape index (κ3) is 8.93. The predicted molar refractivity (Wildman–Crippen MR) is 130 cm³/mol. The summed E-state index contributed by atoms with van der Waals surface area (Å²) >= 11 is 0.795. The van der Waals surface area contributed by atoms with Crippen LogP contribution in [0.5, 0.6) is 0 Å². The van der Waals surface area contributed by atoms with Gasteiger partial charge in [0.1, 0.15) is 0 Å². The molecule has 6 heteroatoms. The Labute approximate surface area is 193 Å². The van der Waals surface area contributed by atoms with Crippen LogP contribution in [0.3, 0.4) is 0 Å². The molecule has 0 fully saturated rings. The molecule has 0 bridgehead atoms. The molecule has 0 heterocycles. The van der Waals surface area contributed by atoms with Crippen molar-refractivity contribution in [1.29, 1.82) is 0 Å². The summed E-state index contributed by atoms with van der Waals surface area (Å²) in [6.45, 7) is 7.25. The zero-order chi connectivity index (χ0) is 22.0. The second kappa shape index (κ2) is 12.7. The van der Waals surface area contributed by atoms with Crippen molar-refractivity contribution in [3.8, 4) is 0 Å². The molecule has 0 N–H and O–H groups in total. The van der Waals surface area contributed by atoms with Gasteiger partial charge in [0.2, 0.25) is 0 Å². The molecule has 0 aliphatic carbocycles. The van der Waals surface area contributed by atoms with E-state index >= 15 is 0 Å². The van der Waals surface area contributed by atoms with Crippen molar-refractivity contribution in [2.24, 2.45) is 0 Å². The van der Waals surface area contributed by atoms with Crippen LogP contribution in [0, 0.1) is 0 Å². The third-order valence-electron chi connectivity index (χ3n) is 3.87. The molecule has 3 nitrogen and oxygen atoms in total. The van der Waals surface area contributed by atoms with Crippen molar-refractivity contribution in [1.82, 2.24) is 0 Å². The van der Waals surface area contributed by atoms with Crippen molar-refractivity contribution in [3.63, 3.8) is 0 Å². The van der Waals surface area contributed by atoms with E-state index in [0.29, 0.717) is 0 Å². The summed E-state index contributed by atoms with van der Waals surface area (Å²) in [5.41, 5.74) is 0. The Morgan fingerprint density at radius 1 is 0.633 bits per heavy atom. The van der Waals surface area contributed by atoms with E-state index in [0.717, 1.165) is 0 Å². The second-order valence-corrected chi connectivity index (χ2v) is 16.6. The number of hydrogen-bond acceptors (Lipinski definition) is 3. The monoisotopic (exact) mass is 550 g/mol. The van der Waals surface area contributed by atoms with Gasteiger partial charge < -0.3 is 0 Å². The first kappa shape index (κ1) is 25.1. The van der Waals surface area contributed by atoms with Gasteiger partial charge in [-0.3, -0.25) is 0 Å². The first-order chi connectivity index (χ1) is 14.3. The van der Waals surface area contributed by atoms with E-state index in [1.165, 1.54) is 13.2 Å². The average Bonchev–Trinajstić information content (AvgIpc) is 2.69. The molecular weight excluding hydrogens is 519 g/mol. The molecule has 3 aromatic carbocycles. The van der Waals surface area contributed by atoms with Crippen LogP contribution in [0.25, 0.3) is 0 Å². The fraction of sp³-hybridized carbons (Fsp3) is 0.250. The van der Waals surface area contributed by atoms with Crippen LogP contribution in [0.1, 0.15) is 27.7 Å². The minimum absolute atomic E-state index is 0.0826. The van der Waals surface area contributed by atoms with E-state index in [1.54, 1.807) is 0 Å². The average molecular weight is 548 g/mol. The van der Waals surface area contributed by atoms with E-state index in [4.69, 9.17) is 9.05 Å². The Balaban J connectivity index is 0.000000252. The molecule has 0 saturated heterocycles. The van der Waals surface area contributed by atoms with Gasteiger partial charge in [0.05, 0.1) is 0 Å². The summed E-state index contributed by atoms with van der Waals surface area (Å²) in [6, 6.07) is 32.8. The van der Waals surface area contributed by atoms with Crippen molar-refractivity contribution in [2.75, 3.05) is 0 Å². The second-order valence-electron chi connectivity index (χ2n) is 7.23. The molecule has 0 saturated carbocycles. The van der Waals surface area contributed by atoms with Crippen molar-refractivity contribution < 1.29 is 13.6 Å². The molecule has 3 rings (SSSR count). The van der Waals surface area contributed by atoms with E-state index in [9.17, 15) is 4.57 Å². The molecule has 0 aliphatic heterocycles. The Morgan fingerprint density at radius 2 is 0.900 bits per heavy atom. The minimum atomic E-state index is -2.93. The van der Waals surface area contributed by atoms with Crippen LogP contribution in [0.2, 0.25) is 0 Å². The molecule has 0 atom stereocenters. The molecule has 0 spiro atoms. The molecular formula is C24H29GeO3PSe. The molecule has 0 aliphatic rings. The molecule has 2 radical (unpaired) electrons. The fourth-order valence-electron chi connectivity index (χ4n) is 2.86. The Hall–Kier alpha value is -1.13. The van der Waals surface area contributed by atoms with Crippen molar-refractivity contribution in [2.45, 2.75) is 39.9 Å². The van der Waals surface area contributed by atoms with Crippen molar-refractivity contribution >= 4 is 49.4 Å². The molecule has 0 unspecified atom stereocenters. The SMILES string of the molecule is CC(C)OP(=O)([Se])OC(C)C.c1cc[c]([Ge]([c]2ccccc2)[c]2ccccc2)cc1. The van der Waals surface area contributed by atoms with Crippen LogP contribution in [0.4, 0.5) is 0 Å². The van der Waals surface area contributed by atoms with Gasteiger partial charge in [-0.05, 0) is 0 Å². The quantitative estimate of drug-likeness (QED) is 0.327. The van der Waals surface area contributed by atoms with Gasteiger partial charge in [0, 0.05) is 0 Å².